The Labute approximate surface area is 185 Å². The second-order valence-electron chi connectivity index (χ2n) is 7.83. The van der Waals surface area contributed by atoms with E-state index in [2.05, 4.69) is 9.88 Å². The Morgan fingerprint density at radius 2 is 1.71 bits per heavy atom. The lowest BCUT2D eigenvalue weighted by Crippen LogP contribution is -2.58. The van der Waals surface area contributed by atoms with Gasteiger partial charge >= 0.3 is 0 Å². The molecule has 0 N–H and O–H groups in total. The molecule has 2 aromatic rings. The summed E-state index contributed by atoms with van der Waals surface area (Å²) in [5.74, 6) is -0.144. The van der Waals surface area contributed by atoms with E-state index in [9.17, 15) is 13.2 Å². The van der Waals surface area contributed by atoms with Crippen LogP contribution in [0.2, 0.25) is 0 Å². The molecule has 2 heterocycles. The monoisotopic (exact) mass is 444 g/mol. The van der Waals surface area contributed by atoms with Crippen LogP contribution in [0.3, 0.4) is 0 Å². The van der Waals surface area contributed by atoms with Crippen molar-refractivity contribution in [1.29, 1.82) is 0 Å². The predicted octanol–water partition coefficient (Wildman–Crippen LogP) is 3.74. The van der Waals surface area contributed by atoms with Crippen molar-refractivity contribution in [2.24, 2.45) is 0 Å². The number of benzene rings is 1. The zero-order chi connectivity index (χ0) is 22.4. The fraction of sp³-hybridized carbons (Fsp3) is 0.478. The number of nitrogens with zero attached hydrogens (tertiary/aromatic N) is 4. The van der Waals surface area contributed by atoms with Crippen molar-refractivity contribution in [2.75, 3.05) is 35.5 Å². The number of hydrogen-bond acceptors (Lipinski definition) is 6. The molecule has 0 aliphatic carbocycles. The number of sulfonamides is 1. The summed E-state index contributed by atoms with van der Waals surface area (Å²) in [5.41, 5.74) is 1.95. The number of anilines is 2. The van der Waals surface area contributed by atoms with Crippen molar-refractivity contribution in [1.82, 2.24) is 9.99 Å². The minimum Gasteiger partial charge on any atom is -0.369 e. The number of piperazine rings is 1. The molecule has 1 aliphatic rings. The number of carbonyl (C=O) groups excluding carboxylic acids is 1. The smallest absolute Gasteiger partial charge is 0.251 e. The number of rotatable bonds is 9. The minimum absolute atomic E-state index is 0.144. The van der Waals surface area contributed by atoms with E-state index in [1.165, 1.54) is 11.3 Å². The van der Waals surface area contributed by atoms with Crippen LogP contribution in [0, 0.1) is 0 Å². The third-order valence-electron chi connectivity index (χ3n) is 5.76. The maximum Gasteiger partial charge on any atom is 0.251 e. The summed E-state index contributed by atoms with van der Waals surface area (Å²) in [7, 11) is -3.69. The van der Waals surface area contributed by atoms with Gasteiger partial charge < -0.3 is 4.90 Å². The Hall–Kier alpha value is -2.45. The molecule has 3 rings (SSSR count). The molecule has 8 heteroatoms. The summed E-state index contributed by atoms with van der Waals surface area (Å²) in [6.45, 7) is 7.83. The average Bonchev–Trinajstić information content (AvgIpc) is 2.78. The van der Waals surface area contributed by atoms with Crippen molar-refractivity contribution in [3.8, 4) is 0 Å². The summed E-state index contributed by atoms with van der Waals surface area (Å²) >= 11 is 0. The highest BCUT2D eigenvalue weighted by atomic mass is 32.2. The lowest BCUT2D eigenvalue weighted by Gasteiger charge is -2.43. The number of aromatic nitrogens is 1. The van der Waals surface area contributed by atoms with Crippen LogP contribution in [0.15, 0.2) is 48.8 Å². The maximum absolute atomic E-state index is 13.8. The Kier molecular flexibility index (Phi) is 7.67. The number of hydrazine groups is 1. The number of hydrogen-bond donors (Lipinski definition) is 0. The van der Waals surface area contributed by atoms with Crippen molar-refractivity contribution in [3.05, 3.63) is 54.4 Å². The molecule has 7 nitrogen and oxygen atoms in total. The summed E-state index contributed by atoms with van der Waals surface area (Å²) in [5, 5.41) is 1.39. The maximum atomic E-state index is 13.8. The first-order valence-corrected chi connectivity index (χ1v) is 12.4. The molecular weight excluding hydrogens is 412 g/mol. The van der Waals surface area contributed by atoms with Crippen LogP contribution in [0.4, 0.5) is 11.4 Å². The fourth-order valence-corrected chi connectivity index (χ4v) is 6.26. The van der Waals surface area contributed by atoms with Crippen LogP contribution < -0.4 is 9.31 Å². The van der Waals surface area contributed by atoms with Crippen molar-refractivity contribution >= 4 is 27.2 Å². The molecule has 1 atom stereocenters. The van der Waals surface area contributed by atoms with E-state index >= 15 is 0 Å². The quantitative estimate of drug-likeness (QED) is 0.549. The largest absolute Gasteiger partial charge is 0.369 e. The van der Waals surface area contributed by atoms with Crippen LogP contribution in [-0.2, 0) is 10.0 Å². The van der Waals surface area contributed by atoms with Crippen LogP contribution in [0.25, 0.3) is 0 Å². The van der Waals surface area contributed by atoms with Gasteiger partial charge in [-0.15, -0.1) is 0 Å². The fourth-order valence-electron chi connectivity index (χ4n) is 4.11. The predicted molar refractivity (Wildman–Crippen MR) is 125 cm³/mol. The molecule has 1 fully saturated rings. The molecular formula is C23H32N4O3S. The van der Waals surface area contributed by atoms with Crippen LogP contribution in [0.1, 0.15) is 50.4 Å². The van der Waals surface area contributed by atoms with E-state index in [-0.39, 0.29) is 5.78 Å². The van der Waals surface area contributed by atoms with E-state index in [1.807, 2.05) is 31.0 Å². The molecule has 1 aromatic heterocycles. The molecule has 1 aromatic carbocycles. The highest BCUT2D eigenvalue weighted by Crippen LogP contribution is 2.31. The van der Waals surface area contributed by atoms with E-state index in [4.69, 9.17) is 0 Å². The molecule has 0 radical (unpaired) electrons. The number of ketones is 1. The van der Waals surface area contributed by atoms with Gasteiger partial charge in [0.25, 0.3) is 10.0 Å². The topological polar surface area (TPSA) is 73.8 Å². The molecule has 1 aliphatic heterocycles. The second-order valence-corrected chi connectivity index (χ2v) is 9.87. The second kappa shape index (κ2) is 10.2. The normalized spacial score (nSPS) is 16.2. The van der Waals surface area contributed by atoms with Gasteiger partial charge in [0.05, 0.1) is 10.9 Å². The third kappa shape index (κ3) is 5.07. The van der Waals surface area contributed by atoms with Gasteiger partial charge in [-0.2, -0.15) is 4.41 Å². The van der Waals surface area contributed by atoms with Gasteiger partial charge in [0.1, 0.15) is 0 Å². The molecule has 0 spiro atoms. The van der Waals surface area contributed by atoms with Gasteiger partial charge in [-0.1, -0.05) is 32.4 Å². The standard InChI is InChI=1S/C23H32N4O3S/c1-4-8-21(5-2)31(29,30)27(23-10-7-6-9-22(23)19(3)28)26-17-15-25(16-18-26)20-11-13-24-14-12-20/h6-7,9-14,21H,4-5,8,15-18H2,1-3H3. The summed E-state index contributed by atoms with van der Waals surface area (Å²) in [6.07, 6.45) is 5.44. The number of Topliss-reactive ketones (excluding diaryl/α,β-unsaturated/α-hetero) is 1. The van der Waals surface area contributed by atoms with Crippen molar-refractivity contribution in [3.63, 3.8) is 0 Å². The molecule has 1 unspecified atom stereocenters. The minimum atomic E-state index is -3.69. The van der Waals surface area contributed by atoms with E-state index < -0.39 is 15.3 Å². The summed E-state index contributed by atoms with van der Waals surface area (Å²) < 4.78 is 29.1. The van der Waals surface area contributed by atoms with Gasteiger partial charge in [0.15, 0.2) is 5.78 Å². The Balaban J connectivity index is 1.97. The first kappa shape index (κ1) is 23.2. The Morgan fingerprint density at radius 1 is 1.06 bits per heavy atom. The molecule has 1 saturated heterocycles. The van der Waals surface area contributed by atoms with Gasteiger partial charge in [-0.3, -0.25) is 9.78 Å². The first-order chi connectivity index (χ1) is 14.9. The zero-order valence-electron chi connectivity index (χ0n) is 18.6. The molecule has 0 amide bonds. The number of para-hydroxylation sites is 1. The van der Waals surface area contributed by atoms with Crippen molar-refractivity contribution < 1.29 is 13.2 Å². The SMILES string of the molecule is CCCC(CC)S(=O)(=O)N(c1ccccc1C(C)=O)N1CCN(c2ccncc2)CC1. The van der Waals surface area contributed by atoms with Crippen LogP contribution >= 0.6 is 0 Å². The van der Waals surface area contributed by atoms with E-state index in [1.54, 1.807) is 36.7 Å². The van der Waals surface area contributed by atoms with Crippen LogP contribution in [-0.4, -0.2) is 55.6 Å². The summed E-state index contributed by atoms with van der Waals surface area (Å²) in [4.78, 5) is 18.6. The summed E-state index contributed by atoms with van der Waals surface area (Å²) in [6, 6.07) is 10.9. The van der Waals surface area contributed by atoms with E-state index in [0.29, 0.717) is 50.3 Å². The van der Waals surface area contributed by atoms with E-state index in [0.717, 1.165) is 12.1 Å². The van der Waals surface area contributed by atoms with Gasteiger partial charge in [-0.25, -0.2) is 13.4 Å². The number of carbonyl (C=O) groups is 1. The van der Waals surface area contributed by atoms with Gasteiger partial charge in [0.2, 0.25) is 0 Å². The zero-order valence-corrected chi connectivity index (χ0v) is 19.4. The number of pyridine rings is 1. The highest BCUT2D eigenvalue weighted by Gasteiger charge is 2.37. The molecule has 31 heavy (non-hydrogen) atoms. The lowest BCUT2D eigenvalue weighted by atomic mass is 10.1. The molecule has 168 valence electrons. The molecule has 0 bridgehead atoms. The Morgan fingerprint density at radius 3 is 2.29 bits per heavy atom. The van der Waals surface area contributed by atoms with Crippen LogP contribution in [0.5, 0.6) is 0 Å². The van der Waals surface area contributed by atoms with Crippen molar-refractivity contribution in [2.45, 2.75) is 45.3 Å². The molecule has 0 saturated carbocycles. The lowest BCUT2D eigenvalue weighted by molar-refractivity contribution is 0.101. The highest BCUT2D eigenvalue weighted by molar-refractivity contribution is 7.93. The van der Waals surface area contributed by atoms with Gasteiger partial charge in [0, 0.05) is 49.8 Å². The first-order valence-electron chi connectivity index (χ1n) is 10.9. The third-order valence-corrected chi connectivity index (χ3v) is 8.08. The average molecular weight is 445 g/mol. The Bertz CT molecular complexity index is 973. The van der Waals surface area contributed by atoms with Gasteiger partial charge in [-0.05, 0) is 44.0 Å².